The van der Waals surface area contributed by atoms with Gasteiger partial charge < -0.3 is 10.6 Å². The Morgan fingerprint density at radius 2 is 2.27 bits per heavy atom. The summed E-state index contributed by atoms with van der Waals surface area (Å²) in [5, 5.41) is 17.2. The number of nitro benzene ring substituents is 1. The number of hydrogen-bond acceptors (Lipinski definition) is 5. The van der Waals surface area contributed by atoms with Crippen molar-refractivity contribution in [2.24, 2.45) is 11.3 Å². The van der Waals surface area contributed by atoms with Crippen molar-refractivity contribution in [1.82, 2.24) is 5.32 Å². The molecule has 2 aliphatic rings. The summed E-state index contributed by atoms with van der Waals surface area (Å²) >= 11 is 0. The quantitative estimate of drug-likeness (QED) is 0.621. The summed E-state index contributed by atoms with van der Waals surface area (Å²) in [6, 6.07) is 3.42. The molecule has 1 aliphatic heterocycles. The predicted molar refractivity (Wildman–Crippen MR) is 79.2 cm³/mol. The van der Waals surface area contributed by atoms with Crippen molar-refractivity contribution in [3.05, 3.63) is 34.1 Å². The van der Waals surface area contributed by atoms with Crippen LogP contribution in [0.3, 0.4) is 0 Å². The molecule has 1 aromatic rings. The van der Waals surface area contributed by atoms with Gasteiger partial charge in [0, 0.05) is 19.0 Å². The maximum absolute atomic E-state index is 13.2. The Hall–Kier alpha value is -2.02. The molecule has 1 atom stereocenters. The van der Waals surface area contributed by atoms with Gasteiger partial charge in [0.2, 0.25) is 0 Å². The van der Waals surface area contributed by atoms with E-state index in [1.165, 1.54) is 12.1 Å². The van der Waals surface area contributed by atoms with Crippen molar-refractivity contribution >= 4 is 17.2 Å². The fraction of sp³-hybridized carbons (Fsp3) is 0.533. The van der Waals surface area contributed by atoms with Crippen molar-refractivity contribution in [2.45, 2.75) is 19.3 Å². The molecule has 1 aliphatic carbocycles. The van der Waals surface area contributed by atoms with Crippen molar-refractivity contribution in [3.8, 4) is 0 Å². The zero-order chi connectivity index (χ0) is 15.7. The van der Waals surface area contributed by atoms with E-state index in [1.807, 2.05) is 0 Å². The van der Waals surface area contributed by atoms with Crippen LogP contribution in [0.5, 0.6) is 0 Å². The van der Waals surface area contributed by atoms with E-state index >= 15 is 0 Å². The van der Waals surface area contributed by atoms with Crippen LogP contribution >= 0.6 is 0 Å². The van der Waals surface area contributed by atoms with E-state index in [-0.39, 0.29) is 23.1 Å². The molecule has 3 rings (SSSR count). The Morgan fingerprint density at radius 1 is 1.50 bits per heavy atom. The first-order chi connectivity index (χ1) is 10.5. The second-order valence-electron chi connectivity index (χ2n) is 6.12. The van der Waals surface area contributed by atoms with Crippen LogP contribution in [-0.4, -0.2) is 30.3 Å². The molecule has 0 amide bonds. The number of ketones is 1. The lowest BCUT2D eigenvalue weighted by Gasteiger charge is -2.27. The number of benzene rings is 1. The number of nitrogens with one attached hydrogen (secondary N) is 2. The van der Waals surface area contributed by atoms with Gasteiger partial charge in [-0.2, -0.15) is 0 Å². The standard InChI is InChI=1S/C15H18FN3O3/c16-11-3-4-12(13(7-11)19(21)22)18-9-15(5-6-17-8-15)14(20)10-1-2-10/h3-4,7,10,17-18H,1-2,5-6,8-9H2/t15-/m0/s1. The number of hydrogen-bond donors (Lipinski definition) is 2. The first-order valence-electron chi connectivity index (χ1n) is 7.45. The third-order valence-corrected chi connectivity index (χ3v) is 4.49. The van der Waals surface area contributed by atoms with Crippen LogP contribution in [0.2, 0.25) is 0 Å². The molecule has 0 spiro atoms. The van der Waals surface area contributed by atoms with Crippen molar-refractivity contribution in [3.63, 3.8) is 0 Å². The molecule has 22 heavy (non-hydrogen) atoms. The van der Waals surface area contributed by atoms with Crippen molar-refractivity contribution in [2.75, 3.05) is 25.0 Å². The second kappa shape index (κ2) is 5.64. The van der Waals surface area contributed by atoms with Gasteiger partial charge in [-0.3, -0.25) is 14.9 Å². The molecule has 0 bridgehead atoms. The van der Waals surface area contributed by atoms with Crippen LogP contribution in [0.15, 0.2) is 18.2 Å². The highest BCUT2D eigenvalue weighted by Crippen LogP contribution is 2.40. The highest BCUT2D eigenvalue weighted by atomic mass is 19.1. The van der Waals surface area contributed by atoms with Gasteiger partial charge in [-0.15, -0.1) is 0 Å². The lowest BCUT2D eigenvalue weighted by Crippen LogP contribution is -2.41. The summed E-state index contributed by atoms with van der Waals surface area (Å²) < 4.78 is 13.2. The summed E-state index contributed by atoms with van der Waals surface area (Å²) in [5.74, 6) is -0.261. The van der Waals surface area contributed by atoms with E-state index in [0.717, 1.165) is 31.9 Å². The number of Topliss-reactive ketones (excluding diaryl/α,β-unsaturated/α-hetero) is 1. The van der Waals surface area contributed by atoms with E-state index in [4.69, 9.17) is 0 Å². The largest absolute Gasteiger partial charge is 0.378 e. The fourth-order valence-corrected chi connectivity index (χ4v) is 3.04. The summed E-state index contributed by atoms with van der Waals surface area (Å²) in [4.78, 5) is 23.0. The average molecular weight is 307 g/mol. The summed E-state index contributed by atoms with van der Waals surface area (Å²) in [5.41, 5.74) is -0.565. The van der Waals surface area contributed by atoms with Crippen molar-refractivity contribution in [1.29, 1.82) is 0 Å². The van der Waals surface area contributed by atoms with Gasteiger partial charge in [-0.25, -0.2) is 4.39 Å². The first-order valence-corrected chi connectivity index (χ1v) is 7.45. The zero-order valence-corrected chi connectivity index (χ0v) is 12.1. The zero-order valence-electron chi connectivity index (χ0n) is 12.1. The normalized spacial score (nSPS) is 24.2. The molecule has 1 heterocycles. The minimum Gasteiger partial charge on any atom is -0.378 e. The number of carbonyl (C=O) groups excluding carboxylic acids is 1. The minimum absolute atomic E-state index is 0.143. The highest BCUT2D eigenvalue weighted by Gasteiger charge is 2.47. The average Bonchev–Trinajstić information content (AvgIpc) is 3.23. The molecule has 0 radical (unpaired) electrons. The topological polar surface area (TPSA) is 84.3 Å². The van der Waals surface area contributed by atoms with E-state index in [1.54, 1.807) is 0 Å². The Balaban J connectivity index is 1.78. The Labute approximate surface area is 127 Å². The first kappa shape index (κ1) is 14.9. The number of nitro groups is 1. The smallest absolute Gasteiger partial charge is 0.295 e. The SMILES string of the molecule is O=C(C1CC1)[C@@]1(CNc2ccc(F)cc2[N+](=O)[O-])CCNC1. The molecule has 1 aromatic carbocycles. The molecular formula is C15H18FN3O3. The van der Waals surface area contributed by atoms with Gasteiger partial charge in [0.05, 0.1) is 16.4 Å². The Kier molecular flexibility index (Phi) is 3.82. The lowest BCUT2D eigenvalue weighted by molar-refractivity contribution is -0.384. The Bertz CT molecular complexity index is 610. The van der Waals surface area contributed by atoms with E-state index < -0.39 is 16.2 Å². The minimum atomic E-state index is -0.649. The van der Waals surface area contributed by atoms with Gasteiger partial charge in [-0.1, -0.05) is 0 Å². The lowest BCUT2D eigenvalue weighted by atomic mass is 9.80. The summed E-state index contributed by atoms with van der Waals surface area (Å²) in [6.45, 7) is 1.69. The number of rotatable bonds is 6. The molecule has 0 aromatic heterocycles. The third-order valence-electron chi connectivity index (χ3n) is 4.49. The Morgan fingerprint density at radius 3 is 2.86 bits per heavy atom. The molecular weight excluding hydrogens is 289 g/mol. The van der Waals surface area contributed by atoms with Crippen LogP contribution in [-0.2, 0) is 4.79 Å². The maximum Gasteiger partial charge on any atom is 0.295 e. The molecule has 7 heteroatoms. The van der Waals surface area contributed by atoms with Crippen LogP contribution in [0.4, 0.5) is 15.8 Å². The molecule has 2 N–H and O–H groups in total. The highest BCUT2D eigenvalue weighted by molar-refractivity contribution is 5.90. The van der Waals surface area contributed by atoms with Gasteiger partial charge in [-0.05, 0) is 37.9 Å². The molecule has 1 saturated heterocycles. The summed E-state index contributed by atoms with van der Waals surface area (Å²) in [6.07, 6.45) is 2.61. The summed E-state index contributed by atoms with van der Waals surface area (Å²) in [7, 11) is 0. The molecule has 118 valence electrons. The predicted octanol–water partition coefficient (Wildman–Crippen LogP) is 2.10. The van der Waals surface area contributed by atoms with Gasteiger partial charge in [0.25, 0.3) is 5.69 Å². The van der Waals surface area contributed by atoms with Crippen LogP contribution < -0.4 is 10.6 Å². The van der Waals surface area contributed by atoms with Gasteiger partial charge in [0.1, 0.15) is 17.3 Å². The van der Waals surface area contributed by atoms with Crippen molar-refractivity contribution < 1.29 is 14.1 Å². The molecule has 0 unspecified atom stereocenters. The number of carbonyl (C=O) groups is 1. The number of nitrogens with zero attached hydrogens (tertiary/aromatic N) is 1. The number of anilines is 1. The monoisotopic (exact) mass is 307 g/mol. The van der Waals surface area contributed by atoms with E-state index in [9.17, 15) is 19.3 Å². The third kappa shape index (κ3) is 2.81. The van der Waals surface area contributed by atoms with E-state index in [2.05, 4.69) is 10.6 Å². The van der Waals surface area contributed by atoms with Gasteiger partial charge in [0.15, 0.2) is 0 Å². The second-order valence-corrected chi connectivity index (χ2v) is 6.12. The maximum atomic E-state index is 13.2. The van der Waals surface area contributed by atoms with Crippen LogP contribution in [0.25, 0.3) is 0 Å². The number of halogens is 1. The fourth-order valence-electron chi connectivity index (χ4n) is 3.04. The van der Waals surface area contributed by atoms with Crippen LogP contribution in [0, 0.1) is 27.3 Å². The molecule has 2 fully saturated rings. The van der Waals surface area contributed by atoms with Gasteiger partial charge >= 0.3 is 0 Å². The molecule has 1 saturated carbocycles. The van der Waals surface area contributed by atoms with Crippen LogP contribution in [0.1, 0.15) is 19.3 Å². The molecule has 6 nitrogen and oxygen atoms in total. The van der Waals surface area contributed by atoms with E-state index in [0.29, 0.717) is 13.1 Å².